The van der Waals surface area contributed by atoms with Gasteiger partial charge in [-0.25, -0.2) is 0 Å². The summed E-state index contributed by atoms with van der Waals surface area (Å²) in [5, 5.41) is 16.3. The standard InChI is InChI=1S/C10H11BrN4O/c11-7-1-6(3-13-4-7)2-9(16)8-5-14-15-10(8)12/h1,3-5,9,16H,2H2,(H3,12,14,15). The van der Waals surface area contributed by atoms with Crippen LogP contribution in [0.25, 0.3) is 0 Å². The van der Waals surface area contributed by atoms with Gasteiger partial charge in [-0.15, -0.1) is 0 Å². The predicted molar refractivity (Wildman–Crippen MR) is 63.6 cm³/mol. The maximum absolute atomic E-state index is 9.95. The number of aromatic nitrogens is 3. The molecule has 2 aromatic rings. The van der Waals surface area contributed by atoms with Crippen molar-refractivity contribution in [3.8, 4) is 0 Å². The van der Waals surface area contributed by atoms with E-state index in [4.69, 9.17) is 5.73 Å². The molecule has 6 heteroatoms. The first-order valence-electron chi connectivity index (χ1n) is 4.73. The Bertz CT molecular complexity index is 485. The van der Waals surface area contributed by atoms with Crippen LogP contribution in [-0.2, 0) is 6.42 Å². The zero-order chi connectivity index (χ0) is 11.5. The number of nitrogens with two attached hydrogens (primary N) is 1. The summed E-state index contributed by atoms with van der Waals surface area (Å²) < 4.78 is 0.886. The zero-order valence-corrected chi connectivity index (χ0v) is 9.98. The Kier molecular flexibility index (Phi) is 3.21. The lowest BCUT2D eigenvalue weighted by atomic mass is 10.1. The van der Waals surface area contributed by atoms with E-state index in [0.717, 1.165) is 10.0 Å². The van der Waals surface area contributed by atoms with E-state index in [9.17, 15) is 5.11 Å². The first-order chi connectivity index (χ1) is 7.66. The number of pyridine rings is 1. The van der Waals surface area contributed by atoms with Crippen molar-refractivity contribution in [3.05, 3.63) is 40.3 Å². The van der Waals surface area contributed by atoms with Crippen LogP contribution in [-0.4, -0.2) is 20.3 Å². The number of aliphatic hydroxyl groups is 1. The molecule has 4 N–H and O–H groups in total. The van der Waals surface area contributed by atoms with Gasteiger partial charge in [-0.2, -0.15) is 5.10 Å². The second kappa shape index (κ2) is 4.63. The van der Waals surface area contributed by atoms with Crippen molar-refractivity contribution in [2.75, 3.05) is 5.73 Å². The number of hydrogen-bond acceptors (Lipinski definition) is 4. The van der Waals surface area contributed by atoms with Gasteiger partial charge in [0, 0.05) is 28.9 Å². The van der Waals surface area contributed by atoms with Gasteiger partial charge in [-0.3, -0.25) is 10.1 Å². The quantitative estimate of drug-likeness (QED) is 0.795. The number of halogens is 1. The molecule has 16 heavy (non-hydrogen) atoms. The summed E-state index contributed by atoms with van der Waals surface area (Å²) in [5.41, 5.74) is 7.17. The minimum Gasteiger partial charge on any atom is -0.388 e. The lowest BCUT2D eigenvalue weighted by molar-refractivity contribution is 0.179. The topological polar surface area (TPSA) is 87.8 Å². The maximum atomic E-state index is 9.95. The fraction of sp³-hybridized carbons (Fsp3) is 0.200. The third-order valence-corrected chi connectivity index (χ3v) is 2.68. The molecule has 2 rings (SSSR count). The fourth-order valence-corrected chi connectivity index (χ4v) is 1.88. The molecule has 0 aliphatic heterocycles. The molecule has 0 aliphatic carbocycles. The predicted octanol–water partition coefficient (Wildman–Crippen LogP) is 1.43. The van der Waals surface area contributed by atoms with Gasteiger partial charge >= 0.3 is 0 Å². The van der Waals surface area contributed by atoms with E-state index in [0.29, 0.717) is 17.8 Å². The number of aliphatic hydroxyl groups excluding tert-OH is 1. The summed E-state index contributed by atoms with van der Waals surface area (Å²) in [4.78, 5) is 4.03. The third kappa shape index (κ3) is 2.40. The molecule has 0 bridgehead atoms. The van der Waals surface area contributed by atoms with Gasteiger partial charge in [0.05, 0.1) is 12.3 Å². The van der Waals surface area contributed by atoms with E-state index in [-0.39, 0.29) is 0 Å². The van der Waals surface area contributed by atoms with Crippen LogP contribution in [0.5, 0.6) is 0 Å². The van der Waals surface area contributed by atoms with Crippen molar-refractivity contribution < 1.29 is 5.11 Å². The van der Waals surface area contributed by atoms with Gasteiger partial charge in [0.15, 0.2) is 0 Å². The van der Waals surface area contributed by atoms with Crippen LogP contribution in [0.1, 0.15) is 17.2 Å². The summed E-state index contributed by atoms with van der Waals surface area (Å²) in [6.45, 7) is 0. The van der Waals surface area contributed by atoms with Crippen LogP contribution in [0.2, 0.25) is 0 Å². The summed E-state index contributed by atoms with van der Waals surface area (Å²) in [7, 11) is 0. The molecule has 0 aliphatic rings. The molecule has 2 heterocycles. The highest BCUT2D eigenvalue weighted by Crippen LogP contribution is 2.22. The maximum Gasteiger partial charge on any atom is 0.124 e. The first-order valence-corrected chi connectivity index (χ1v) is 5.52. The van der Waals surface area contributed by atoms with Crippen LogP contribution < -0.4 is 5.73 Å². The second-order valence-corrected chi connectivity index (χ2v) is 4.39. The number of nitrogen functional groups attached to an aromatic ring is 1. The SMILES string of the molecule is Nc1[nH]ncc1C(O)Cc1cncc(Br)c1. The molecule has 0 radical (unpaired) electrons. The Labute approximate surface area is 101 Å². The van der Waals surface area contributed by atoms with E-state index < -0.39 is 6.10 Å². The first kappa shape index (κ1) is 11.1. The monoisotopic (exact) mass is 282 g/mol. The minimum atomic E-state index is -0.671. The van der Waals surface area contributed by atoms with Crippen LogP contribution >= 0.6 is 15.9 Å². The molecular formula is C10H11BrN4O. The number of hydrogen-bond donors (Lipinski definition) is 3. The van der Waals surface area contributed by atoms with Gasteiger partial charge in [-0.05, 0) is 27.6 Å². The van der Waals surface area contributed by atoms with Gasteiger partial charge < -0.3 is 10.8 Å². The van der Waals surface area contributed by atoms with Gasteiger partial charge in [0.25, 0.3) is 0 Å². The van der Waals surface area contributed by atoms with E-state index in [1.807, 2.05) is 6.07 Å². The molecule has 0 saturated carbocycles. The molecule has 84 valence electrons. The molecular weight excluding hydrogens is 272 g/mol. The highest BCUT2D eigenvalue weighted by molar-refractivity contribution is 9.10. The molecule has 0 saturated heterocycles. The van der Waals surface area contributed by atoms with E-state index >= 15 is 0 Å². The fourth-order valence-electron chi connectivity index (χ4n) is 1.47. The zero-order valence-electron chi connectivity index (χ0n) is 8.39. The van der Waals surface area contributed by atoms with Gasteiger partial charge in [-0.1, -0.05) is 0 Å². The van der Waals surface area contributed by atoms with E-state index in [1.54, 1.807) is 12.4 Å². The number of anilines is 1. The molecule has 5 nitrogen and oxygen atoms in total. The molecule has 0 amide bonds. The molecule has 0 fully saturated rings. The molecule has 0 aromatic carbocycles. The lowest BCUT2D eigenvalue weighted by Gasteiger charge is -2.09. The van der Waals surface area contributed by atoms with Crippen molar-refractivity contribution in [2.24, 2.45) is 0 Å². The van der Waals surface area contributed by atoms with Crippen LogP contribution in [0.4, 0.5) is 5.82 Å². The van der Waals surface area contributed by atoms with E-state index in [1.165, 1.54) is 6.20 Å². The lowest BCUT2D eigenvalue weighted by Crippen LogP contribution is -2.04. The van der Waals surface area contributed by atoms with Crippen molar-refractivity contribution in [1.29, 1.82) is 0 Å². The van der Waals surface area contributed by atoms with Crippen LogP contribution in [0.3, 0.4) is 0 Å². The molecule has 2 aromatic heterocycles. The number of rotatable bonds is 3. The van der Waals surface area contributed by atoms with E-state index in [2.05, 4.69) is 31.1 Å². The van der Waals surface area contributed by atoms with Crippen molar-refractivity contribution >= 4 is 21.7 Å². The highest BCUT2D eigenvalue weighted by Gasteiger charge is 2.13. The molecule has 1 atom stereocenters. The average Bonchev–Trinajstić information content (AvgIpc) is 2.64. The Morgan fingerprint density at radius 1 is 1.44 bits per heavy atom. The summed E-state index contributed by atoms with van der Waals surface area (Å²) in [6.07, 6.45) is 4.73. The Balaban J connectivity index is 2.14. The van der Waals surface area contributed by atoms with Crippen molar-refractivity contribution in [1.82, 2.24) is 15.2 Å². The minimum absolute atomic E-state index is 0.399. The number of nitrogens with one attached hydrogen (secondary N) is 1. The number of aromatic amines is 1. The molecule has 0 spiro atoms. The smallest absolute Gasteiger partial charge is 0.124 e. The summed E-state index contributed by atoms with van der Waals surface area (Å²) in [5.74, 6) is 0.399. The number of H-pyrrole nitrogens is 1. The summed E-state index contributed by atoms with van der Waals surface area (Å²) >= 11 is 3.33. The average molecular weight is 283 g/mol. The van der Waals surface area contributed by atoms with Crippen molar-refractivity contribution in [3.63, 3.8) is 0 Å². The highest BCUT2D eigenvalue weighted by atomic mass is 79.9. The third-order valence-electron chi connectivity index (χ3n) is 2.25. The van der Waals surface area contributed by atoms with Gasteiger partial charge in [0.2, 0.25) is 0 Å². The summed E-state index contributed by atoms with van der Waals surface area (Å²) in [6, 6.07) is 1.91. The number of nitrogens with zero attached hydrogens (tertiary/aromatic N) is 2. The Morgan fingerprint density at radius 3 is 2.88 bits per heavy atom. The second-order valence-electron chi connectivity index (χ2n) is 3.47. The Morgan fingerprint density at radius 2 is 2.25 bits per heavy atom. The molecule has 1 unspecified atom stereocenters. The van der Waals surface area contributed by atoms with Crippen LogP contribution in [0.15, 0.2) is 29.1 Å². The van der Waals surface area contributed by atoms with Crippen LogP contribution in [0, 0.1) is 0 Å². The van der Waals surface area contributed by atoms with Gasteiger partial charge in [0.1, 0.15) is 5.82 Å². The largest absolute Gasteiger partial charge is 0.388 e. The normalized spacial score (nSPS) is 12.6. The Hall–Kier alpha value is -1.40. The van der Waals surface area contributed by atoms with Crippen molar-refractivity contribution in [2.45, 2.75) is 12.5 Å².